The van der Waals surface area contributed by atoms with Gasteiger partial charge in [0.1, 0.15) is 0 Å². The van der Waals surface area contributed by atoms with E-state index in [0.29, 0.717) is 5.92 Å². The van der Waals surface area contributed by atoms with Gasteiger partial charge in [-0.2, -0.15) is 0 Å². The van der Waals surface area contributed by atoms with E-state index in [4.69, 9.17) is 5.73 Å². The molecule has 0 radical (unpaired) electrons. The molecule has 12 rings (SSSR count). The third kappa shape index (κ3) is 5.25. The lowest BCUT2D eigenvalue weighted by Crippen LogP contribution is -2.26. The first kappa shape index (κ1) is 36.1. The molecule has 2 nitrogen and oxygen atoms in total. The summed E-state index contributed by atoms with van der Waals surface area (Å²) in [4.78, 5) is 2.48. The second-order valence-corrected chi connectivity index (χ2v) is 18.1. The second-order valence-electron chi connectivity index (χ2n) is 18.1. The molecular weight excluding hydrogens is 737 g/mol. The Hall–Kier alpha value is -6.74. The summed E-state index contributed by atoms with van der Waals surface area (Å²) in [7, 11) is 0. The van der Waals surface area contributed by atoms with Gasteiger partial charge in [0.2, 0.25) is 0 Å². The fourth-order valence-corrected chi connectivity index (χ4v) is 11.7. The molecule has 61 heavy (non-hydrogen) atoms. The molecule has 2 heteroatoms. The summed E-state index contributed by atoms with van der Waals surface area (Å²) < 4.78 is 0. The van der Waals surface area contributed by atoms with Crippen molar-refractivity contribution < 1.29 is 0 Å². The Bertz CT molecular complexity index is 3010. The number of allylic oxidation sites excluding steroid dienone is 2. The van der Waals surface area contributed by atoms with Crippen LogP contribution in [0.2, 0.25) is 0 Å². The summed E-state index contributed by atoms with van der Waals surface area (Å²) in [6.07, 6.45) is 5.78. The van der Waals surface area contributed by atoms with Gasteiger partial charge in [-0.1, -0.05) is 166 Å². The summed E-state index contributed by atoms with van der Waals surface area (Å²) in [5.41, 5.74) is 30.1. The maximum absolute atomic E-state index is 5.89. The molecule has 0 aliphatic heterocycles. The number of rotatable bonds is 7. The van der Waals surface area contributed by atoms with Gasteiger partial charge >= 0.3 is 0 Å². The smallest absolute Gasteiger partial charge is 0.0726 e. The van der Waals surface area contributed by atoms with Crippen LogP contribution in [-0.2, 0) is 10.8 Å². The monoisotopic (exact) mass is 784 g/mol. The van der Waals surface area contributed by atoms with E-state index in [0.717, 1.165) is 42.9 Å². The van der Waals surface area contributed by atoms with Crippen molar-refractivity contribution in [3.05, 3.63) is 227 Å². The van der Waals surface area contributed by atoms with Crippen molar-refractivity contribution in [1.82, 2.24) is 0 Å². The van der Waals surface area contributed by atoms with Crippen LogP contribution in [0.3, 0.4) is 0 Å². The average Bonchev–Trinajstić information content (AvgIpc) is 4.04. The van der Waals surface area contributed by atoms with Gasteiger partial charge in [0.25, 0.3) is 0 Å². The molecular formula is C59H48N2. The predicted molar refractivity (Wildman–Crippen MR) is 255 cm³/mol. The number of hydrogen-bond acceptors (Lipinski definition) is 2. The predicted octanol–water partition coefficient (Wildman–Crippen LogP) is 14.6. The largest absolute Gasteiger partial charge is 0.330 e. The van der Waals surface area contributed by atoms with Crippen LogP contribution in [0.5, 0.6) is 0 Å². The molecule has 2 N–H and O–H groups in total. The van der Waals surface area contributed by atoms with E-state index < -0.39 is 5.41 Å². The second kappa shape index (κ2) is 13.6. The Labute approximate surface area is 359 Å². The normalized spacial score (nSPS) is 16.6. The van der Waals surface area contributed by atoms with E-state index in [9.17, 15) is 0 Å². The number of hydrogen-bond donors (Lipinski definition) is 1. The molecule has 294 valence electrons. The van der Waals surface area contributed by atoms with Crippen molar-refractivity contribution in [2.24, 2.45) is 11.7 Å². The Morgan fingerprint density at radius 3 is 1.52 bits per heavy atom. The summed E-state index contributed by atoms with van der Waals surface area (Å²) in [5, 5.41) is 0. The van der Waals surface area contributed by atoms with Gasteiger partial charge in [0.05, 0.1) is 5.41 Å². The van der Waals surface area contributed by atoms with Gasteiger partial charge in [0, 0.05) is 22.5 Å². The van der Waals surface area contributed by atoms with Crippen LogP contribution in [0.15, 0.2) is 188 Å². The highest BCUT2D eigenvalue weighted by Crippen LogP contribution is 2.63. The van der Waals surface area contributed by atoms with Gasteiger partial charge in [-0.15, -0.1) is 0 Å². The highest BCUT2D eigenvalue weighted by Gasteiger charge is 2.51. The number of fused-ring (bicyclic) bond motifs is 13. The molecule has 0 amide bonds. The average molecular weight is 785 g/mol. The molecule has 0 heterocycles. The summed E-state index contributed by atoms with van der Waals surface area (Å²) in [6.45, 7) is 5.48. The molecule has 1 spiro atoms. The highest BCUT2D eigenvalue weighted by atomic mass is 15.1. The number of anilines is 3. The van der Waals surface area contributed by atoms with Crippen LogP contribution < -0.4 is 10.6 Å². The molecule has 0 bridgehead atoms. The van der Waals surface area contributed by atoms with Crippen molar-refractivity contribution in [3.63, 3.8) is 0 Å². The zero-order valence-corrected chi connectivity index (χ0v) is 34.8. The van der Waals surface area contributed by atoms with E-state index >= 15 is 0 Å². The third-order valence-electron chi connectivity index (χ3n) is 14.6. The highest BCUT2D eigenvalue weighted by molar-refractivity contribution is 5.97. The quantitative estimate of drug-likeness (QED) is 0.174. The molecule has 8 aromatic rings. The lowest BCUT2D eigenvalue weighted by Gasteiger charge is -2.32. The fourth-order valence-electron chi connectivity index (χ4n) is 11.7. The number of nitrogens with two attached hydrogens (primary N) is 1. The van der Waals surface area contributed by atoms with Crippen molar-refractivity contribution >= 4 is 22.6 Å². The molecule has 8 aromatic carbocycles. The number of nitrogens with zero attached hydrogens (tertiary/aromatic N) is 1. The standard InChI is InChI=1S/C59H48N2/c1-58(2)52-15-7-3-14-49(52)51-36-44(30-32-53(51)58)61(43-27-25-40(26-28-43)39-21-23-41(24-22-39)42-20-19-38(35-42)33-34-60)45-29-31-50-48-13-6-10-18-56(48)59(57(50)37-45)54-16-8-4-11-46(54)47-12-5-9-17-55(47)59/h3-18,20-32,36-38H,19,33-35,60H2,1-2H3. The molecule has 0 saturated heterocycles. The maximum atomic E-state index is 5.89. The lowest BCUT2D eigenvalue weighted by atomic mass is 9.70. The molecule has 0 aromatic heterocycles. The number of benzene rings is 8. The van der Waals surface area contributed by atoms with Crippen LogP contribution in [0.25, 0.3) is 50.1 Å². The summed E-state index contributed by atoms with van der Waals surface area (Å²) in [6, 6.07) is 68.9. The molecule has 4 aliphatic rings. The van der Waals surface area contributed by atoms with E-state index in [2.05, 4.69) is 207 Å². The minimum Gasteiger partial charge on any atom is -0.330 e. The van der Waals surface area contributed by atoms with Crippen LogP contribution in [0.4, 0.5) is 17.1 Å². The minimum absolute atomic E-state index is 0.0675. The third-order valence-corrected chi connectivity index (χ3v) is 14.6. The summed E-state index contributed by atoms with van der Waals surface area (Å²) >= 11 is 0. The molecule has 1 unspecified atom stereocenters. The van der Waals surface area contributed by atoms with Gasteiger partial charge in [-0.05, 0) is 157 Å². The Kier molecular flexibility index (Phi) is 8.08. The van der Waals surface area contributed by atoms with Gasteiger partial charge in [-0.25, -0.2) is 0 Å². The SMILES string of the molecule is CC1(C)c2ccccc2-c2cc(N(c3ccc(-c4ccc(C5=CCC(CCN)C5)cc4)cc3)c3ccc4c(c3)C3(c5ccccc5-c5ccccc53)c3ccccc3-4)ccc21. The summed E-state index contributed by atoms with van der Waals surface area (Å²) in [5.74, 6) is 0.679. The van der Waals surface area contributed by atoms with Crippen LogP contribution in [-0.4, -0.2) is 6.54 Å². The van der Waals surface area contributed by atoms with Crippen molar-refractivity contribution in [2.45, 2.75) is 43.9 Å². The lowest BCUT2D eigenvalue weighted by molar-refractivity contribution is 0.533. The Balaban J connectivity index is 1.01. The fraction of sp³-hybridized carbons (Fsp3) is 0.153. The van der Waals surface area contributed by atoms with E-state index in [1.807, 2.05) is 0 Å². The van der Waals surface area contributed by atoms with E-state index in [-0.39, 0.29) is 5.41 Å². The zero-order valence-electron chi connectivity index (χ0n) is 34.8. The first-order valence-electron chi connectivity index (χ1n) is 22.0. The van der Waals surface area contributed by atoms with Gasteiger partial charge in [0.15, 0.2) is 0 Å². The van der Waals surface area contributed by atoms with Crippen molar-refractivity contribution in [3.8, 4) is 44.5 Å². The van der Waals surface area contributed by atoms with Crippen LogP contribution >= 0.6 is 0 Å². The molecule has 0 fully saturated rings. The van der Waals surface area contributed by atoms with E-state index in [1.54, 1.807) is 0 Å². The van der Waals surface area contributed by atoms with Crippen LogP contribution in [0.1, 0.15) is 72.1 Å². The van der Waals surface area contributed by atoms with Crippen LogP contribution in [0, 0.1) is 5.92 Å². The maximum Gasteiger partial charge on any atom is 0.0726 e. The molecule has 1 atom stereocenters. The molecule has 4 aliphatic carbocycles. The first-order chi connectivity index (χ1) is 29.9. The zero-order chi connectivity index (χ0) is 40.9. The molecule has 0 saturated carbocycles. The van der Waals surface area contributed by atoms with Crippen molar-refractivity contribution in [2.75, 3.05) is 11.4 Å². The van der Waals surface area contributed by atoms with Gasteiger partial charge < -0.3 is 10.6 Å². The Morgan fingerprint density at radius 1 is 0.459 bits per heavy atom. The van der Waals surface area contributed by atoms with Gasteiger partial charge in [-0.3, -0.25) is 0 Å². The topological polar surface area (TPSA) is 29.3 Å². The van der Waals surface area contributed by atoms with E-state index in [1.165, 1.54) is 89.0 Å². The minimum atomic E-state index is -0.419. The van der Waals surface area contributed by atoms with Crippen molar-refractivity contribution in [1.29, 1.82) is 0 Å². The first-order valence-corrected chi connectivity index (χ1v) is 22.0. The Morgan fingerprint density at radius 2 is 0.918 bits per heavy atom.